The minimum Gasteiger partial charge on any atom is -0.462 e. The molecule has 2 bridgehead atoms. The topological polar surface area (TPSA) is 26.3 Å². The van der Waals surface area contributed by atoms with E-state index in [-0.39, 0.29) is 12.1 Å². The van der Waals surface area contributed by atoms with E-state index in [9.17, 15) is 4.79 Å². The Morgan fingerprint density at radius 1 is 1.50 bits per heavy atom. The largest absolute Gasteiger partial charge is 0.462 e. The van der Waals surface area contributed by atoms with Crippen LogP contribution < -0.4 is 0 Å². The third-order valence-electron chi connectivity index (χ3n) is 5.06. The van der Waals surface area contributed by atoms with Gasteiger partial charge in [-0.25, -0.2) is 0 Å². The lowest BCUT2D eigenvalue weighted by Gasteiger charge is -2.38. The van der Waals surface area contributed by atoms with Crippen molar-refractivity contribution in [1.29, 1.82) is 0 Å². The third-order valence-corrected chi connectivity index (χ3v) is 5.06. The molecule has 0 aromatic carbocycles. The first kappa shape index (κ1) is 10.4. The highest BCUT2D eigenvalue weighted by atomic mass is 16.5. The maximum atomic E-state index is 11.5. The molecule has 0 unspecified atom stereocenters. The van der Waals surface area contributed by atoms with Crippen molar-refractivity contribution in [2.45, 2.75) is 51.6 Å². The normalized spacial score (nSPS) is 44.4. The Bertz CT molecular complexity index is 334. The van der Waals surface area contributed by atoms with E-state index in [1.807, 2.05) is 6.92 Å². The Labute approximate surface area is 97.1 Å². The molecular formula is C14H20O2. The lowest BCUT2D eigenvalue weighted by Crippen LogP contribution is -2.38. The fourth-order valence-corrected chi connectivity index (χ4v) is 4.27. The van der Waals surface area contributed by atoms with Gasteiger partial charge in [0.2, 0.25) is 0 Å². The molecule has 0 radical (unpaired) electrons. The minimum atomic E-state index is -0.0137. The predicted octanol–water partition coefficient (Wildman–Crippen LogP) is 3.07. The van der Waals surface area contributed by atoms with Gasteiger partial charge in [0.1, 0.15) is 6.10 Å². The average molecular weight is 220 g/mol. The van der Waals surface area contributed by atoms with Gasteiger partial charge in [-0.2, -0.15) is 0 Å². The molecule has 88 valence electrons. The highest BCUT2D eigenvalue weighted by Crippen LogP contribution is 2.63. The Kier molecular flexibility index (Phi) is 2.34. The van der Waals surface area contributed by atoms with E-state index in [1.165, 1.54) is 19.3 Å². The first-order valence-electron chi connectivity index (χ1n) is 6.61. The second-order valence-electron chi connectivity index (χ2n) is 5.62. The maximum Gasteiger partial charge on any atom is 0.305 e. The first-order valence-corrected chi connectivity index (χ1v) is 6.61. The standard InChI is InChI=1S/C14H20O2/c1-2-13(15)16-12-9-10-6-8-14(12)7-4-3-5-11(10)14/h3-4,10-12H,2,5-9H2,1H3/t10-,11-,12-,14+/m1/s1. The summed E-state index contributed by atoms with van der Waals surface area (Å²) in [6.07, 6.45) is 11.5. The Morgan fingerprint density at radius 3 is 3.19 bits per heavy atom. The molecule has 2 nitrogen and oxygen atoms in total. The van der Waals surface area contributed by atoms with E-state index in [2.05, 4.69) is 12.2 Å². The van der Waals surface area contributed by atoms with E-state index in [1.54, 1.807) is 0 Å². The number of allylic oxidation sites excluding steroid dienone is 2. The van der Waals surface area contributed by atoms with Crippen molar-refractivity contribution in [3.8, 4) is 0 Å². The molecule has 0 spiro atoms. The quantitative estimate of drug-likeness (QED) is 0.528. The van der Waals surface area contributed by atoms with E-state index in [4.69, 9.17) is 4.74 Å². The van der Waals surface area contributed by atoms with Crippen LogP contribution in [0.5, 0.6) is 0 Å². The van der Waals surface area contributed by atoms with Crippen LogP contribution in [0.1, 0.15) is 45.4 Å². The van der Waals surface area contributed by atoms with Crippen molar-refractivity contribution in [3.05, 3.63) is 12.2 Å². The first-order chi connectivity index (χ1) is 7.76. The van der Waals surface area contributed by atoms with Gasteiger partial charge < -0.3 is 4.74 Å². The Hall–Kier alpha value is -0.790. The van der Waals surface area contributed by atoms with Crippen LogP contribution >= 0.6 is 0 Å². The molecule has 0 aliphatic heterocycles. The Balaban J connectivity index is 1.82. The summed E-state index contributed by atoms with van der Waals surface area (Å²) in [5.74, 6) is 1.60. The molecule has 0 aromatic rings. The molecule has 3 aliphatic carbocycles. The van der Waals surface area contributed by atoms with Crippen molar-refractivity contribution < 1.29 is 9.53 Å². The van der Waals surface area contributed by atoms with Gasteiger partial charge in [0.25, 0.3) is 0 Å². The number of hydrogen-bond acceptors (Lipinski definition) is 2. The number of hydrogen-bond donors (Lipinski definition) is 0. The molecule has 3 aliphatic rings. The third kappa shape index (κ3) is 1.28. The van der Waals surface area contributed by atoms with Crippen LogP contribution in [0, 0.1) is 17.3 Å². The molecule has 0 amide bonds. The van der Waals surface area contributed by atoms with Crippen LogP contribution in [0.4, 0.5) is 0 Å². The summed E-state index contributed by atoms with van der Waals surface area (Å²) in [4.78, 5) is 11.5. The van der Waals surface area contributed by atoms with Crippen LogP contribution in [0.3, 0.4) is 0 Å². The van der Waals surface area contributed by atoms with Crippen LogP contribution in [0.25, 0.3) is 0 Å². The van der Waals surface area contributed by atoms with Gasteiger partial charge in [-0.1, -0.05) is 19.1 Å². The van der Waals surface area contributed by atoms with Gasteiger partial charge in [0, 0.05) is 11.8 Å². The summed E-state index contributed by atoms with van der Waals surface area (Å²) in [6.45, 7) is 1.88. The highest BCUT2D eigenvalue weighted by Gasteiger charge is 2.60. The van der Waals surface area contributed by atoms with Crippen LogP contribution in [0.2, 0.25) is 0 Å². The lowest BCUT2D eigenvalue weighted by molar-refractivity contribution is -0.156. The average Bonchev–Trinajstić information content (AvgIpc) is 2.82. The molecule has 4 atom stereocenters. The molecule has 2 saturated carbocycles. The SMILES string of the molecule is CCC(=O)O[C@@H]1C[C@H]2CC[C@]13CC=CC[C@H]23. The van der Waals surface area contributed by atoms with Gasteiger partial charge in [-0.3, -0.25) is 4.79 Å². The van der Waals surface area contributed by atoms with Crippen molar-refractivity contribution in [3.63, 3.8) is 0 Å². The molecule has 2 fully saturated rings. The number of carbonyl (C=O) groups excluding carboxylic acids is 1. The van der Waals surface area contributed by atoms with Gasteiger partial charge >= 0.3 is 5.97 Å². The van der Waals surface area contributed by atoms with Crippen LogP contribution in [0.15, 0.2) is 12.2 Å². The zero-order valence-corrected chi connectivity index (χ0v) is 9.95. The monoisotopic (exact) mass is 220 g/mol. The van der Waals surface area contributed by atoms with E-state index in [0.717, 1.165) is 24.7 Å². The van der Waals surface area contributed by atoms with Crippen molar-refractivity contribution in [2.75, 3.05) is 0 Å². The summed E-state index contributed by atoms with van der Waals surface area (Å²) in [5, 5.41) is 0. The van der Waals surface area contributed by atoms with E-state index < -0.39 is 0 Å². The smallest absolute Gasteiger partial charge is 0.305 e. The Morgan fingerprint density at radius 2 is 2.38 bits per heavy atom. The number of carbonyl (C=O) groups is 1. The maximum absolute atomic E-state index is 11.5. The molecule has 3 rings (SSSR count). The van der Waals surface area contributed by atoms with Gasteiger partial charge in [0.05, 0.1) is 0 Å². The van der Waals surface area contributed by atoms with Gasteiger partial charge in [0.15, 0.2) is 0 Å². The fourth-order valence-electron chi connectivity index (χ4n) is 4.27. The predicted molar refractivity (Wildman–Crippen MR) is 61.8 cm³/mol. The summed E-state index contributed by atoms with van der Waals surface area (Å²) in [7, 11) is 0. The second-order valence-corrected chi connectivity index (χ2v) is 5.62. The molecule has 0 saturated heterocycles. The number of ether oxygens (including phenoxy) is 1. The molecule has 2 heteroatoms. The molecule has 0 aromatic heterocycles. The minimum absolute atomic E-state index is 0.0137. The van der Waals surface area contributed by atoms with E-state index >= 15 is 0 Å². The van der Waals surface area contributed by atoms with E-state index in [0.29, 0.717) is 11.8 Å². The second kappa shape index (κ2) is 3.61. The number of esters is 1. The summed E-state index contributed by atoms with van der Waals surface area (Å²) in [6, 6.07) is 0. The molecular weight excluding hydrogens is 200 g/mol. The zero-order chi connectivity index (χ0) is 11.2. The van der Waals surface area contributed by atoms with Crippen molar-refractivity contribution in [1.82, 2.24) is 0 Å². The number of rotatable bonds is 2. The zero-order valence-electron chi connectivity index (χ0n) is 9.95. The molecule has 16 heavy (non-hydrogen) atoms. The van der Waals surface area contributed by atoms with Gasteiger partial charge in [-0.15, -0.1) is 0 Å². The van der Waals surface area contributed by atoms with Gasteiger partial charge in [-0.05, 0) is 43.9 Å². The van der Waals surface area contributed by atoms with Crippen molar-refractivity contribution >= 4 is 5.97 Å². The molecule has 0 N–H and O–H groups in total. The summed E-state index contributed by atoms with van der Waals surface area (Å²) in [5.41, 5.74) is 0.324. The summed E-state index contributed by atoms with van der Waals surface area (Å²) >= 11 is 0. The van der Waals surface area contributed by atoms with Crippen LogP contribution in [-0.2, 0) is 9.53 Å². The summed E-state index contributed by atoms with van der Waals surface area (Å²) < 4.78 is 5.68. The van der Waals surface area contributed by atoms with Crippen molar-refractivity contribution in [2.24, 2.45) is 17.3 Å². The highest BCUT2D eigenvalue weighted by molar-refractivity contribution is 5.69. The molecule has 0 heterocycles. The lowest BCUT2D eigenvalue weighted by atomic mass is 9.70. The fraction of sp³-hybridized carbons (Fsp3) is 0.786. The van der Waals surface area contributed by atoms with Crippen LogP contribution in [-0.4, -0.2) is 12.1 Å².